The van der Waals surface area contributed by atoms with E-state index < -0.39 is 0 Å². The number of aromatic nitrogens is 1. The summed E-state index contributed by atoms with van der Waals surface area (Å²) in [6, 6.07) is 3.92. The van der Waals surface area contributed by atoms with E-state index in [1.54, 1.807) is 6.20 Å². The van der Waals surface area contributed by atoms with Crippen molar-refractivity contribution in [3.63, 3.8) is 0 Å². The lowest BCUT2D eigenvalue weighted by molar-refractivity contribution is 0.000698. The number of nitrogens with one attached hydrogen (secondary N) is 2. The maximum Gasteiger partial charge on any atom is 0.127 e. The minimum Gasteiger partial charge on any atom is -0.382 e. The Morgan fingerprint density at radius 3 is 2.81 bits per heavy atom. The van der Waals surface area contributed by atoms with Crippen molar-refractivity contribution in [1.82, 2.24) is 4.98 Å². The van der Waals surface area contributed by atoms with Crippen molar-refractivity contribution in [3.05, 3.63) is 18.3 Å². The summed E-state index contributed by atoms with van der Waals surface area (Å²) in [5, 5.41) is 6.35. The second-order valence-electron chi connectivity index (χ2n) is 4.23. The molecule has 4 heteroatoms. The molecule has 0 aliphatic carbocycles. The van der Waals surface area contributed by atoms with Gasteiger partial charge in [-0.05, 0) is 26.8 Å². The minimum atomic E-state index is -0.155. The summed E-state index contributed by atoms with van der Waals surface area (Å²) in [7, 11) is 1.86. The van der Waals surface area contributed by atoms with E-state index >= 15 is 0 Å². The highest BCUT2D eigenvalue weighted by Gasteiger charge is 2.16. The summed E-state index contributed by atoms with van der Waals surface area (Å²) in [5.74, 6) is 0.860. The van der Waals surface area contributed by atoms with Gasteiger partial charge in [-0.15, -0.1) is 0 Å². The molecule has 1 heterocycles. The van der Waals surface area contributed by atoms with Crippen LogP contribution < -0.4 is 10.6 Å². The fraction of sp³-hybridized carbons (Fsp3) is 0.583. The number of rotatable bonds is 6. The zero-order valence-corrected chi connectivity index (χ0v) is 10.5. The first kappa shape index (κ1) is 12.8. The van der Waals surface area contributed by atoms with Crippen LogP contribution >= 0.6 is 0 Å². The topological polar surface area (TPSA) is 46.2 Å². The lowest BCUT2D eigenvalue weighted by Gasteiger charge is -2.25. The molecule has 1 aromatic heterocycles. The molecule has 0 aliphatic rings. The normalized spacial score (nSPS) is 11.2. The molecule has 90 valence electrons. The summed E-state index contributed by atoms with van der Waals surface area (Å²) in [4.78, 5) is 4.16. The molecule has 0 saturated carbocycles. The van der Waals surface area contributed by atoms with E-state index in [0.717, 1.165) is 24.7 Å². The van der Waals surface area contributed by atoms with E-state index in [2.05, 4.69) is 29.5 Å². The zero-order chi connectivity index (χ0) is 12.0. The molecule has 0 aromatic carbocycles. The predicted molar refractivity (Wildman–Crippen MR) is 68.0 cm³/mol. The Labute approximate surface area is 97.4 Å². The number of anilines is 2. The van der Waals surface area contributed by atoms with Gasteiger partial charge in [0.25, 0.3) is 0 Å². The Bertz CT molecular complexity index is 326. The van der Waals surface area contributed by atoms with Crippen LogP contribution in [0.25, 0.3) is 0 Å². The van der Waals surface area contributed by atoms with E-state index in [9.17, 15) is 0 Å². The van der Waals surface area contributed by atoms with E-state index in [-0.39, 0.29) is 5.60 Å². The zero-order valence-electron chi connectivity index (χ0n) is 10.5. The van der Waals surface area contributed by atoms with E-state index in [0.29, 0.717) is 0 Å². The molecule has 1 aromatic rings. The molecule has 0 unspecified atom stereocenters. The fourth-order valence-corrected chi connectivity index (χ4v) is 1.43. The SMILES string of the molecule is CCOC(C)(C)CNc1ccnc(NC)c1. The van der Waals surface area contributed by atoms with Crippen molar-refractivity contribution in [2.75, 3.05) is 30.8 Å². The second-order valence-corrected chi connectivity index (χ2v) is 4.23. The highest BCUT2D eigenvalue weighted by atomic mass is 16.5. The van der Waals surface area contributed by atoms with Crippen LogP contribution in [-0.4, -0.2) is 30.8 Å². The van der Waals surface area contributed by atoms with Crippen LogP contribution in [0.15, 0.2) is 18.3 Å². The van der Waals surface area contributed by atoms with Crippen LogP contribution in [-0.2, 0) is 4.74 Å². The molecule has 4 nitrogen and oxygen atoms in total. The van der Waals surface area contributed by atoms with Gasteiger partial charge in [0.15, 0.2) is 0 Å². The number of hydrogen-bond donors (Lipinski definition) is 2. The Kier molecular flexibility index (Phi) is 4.55. The van der Waals surface area contributed by atoms with E-state index in [4.69, 9.17) is 4.74 Å². The molecule has 0 spiro atoms. The third-order valence-corrected chi connectivity index (χ3v) is 2.27. The number of hydrogen-bond acceptors (Lipinski definition) is 4. The quantitative estimate of drug-likeness (QED) is 0.777. The third-order valence-electron chi connectivity index (χ3n) is 2.27. The summed E-state index contributed by atoms with van der Waals surface area (Å²) in [6.45, 7) is 7.65. The molecular formula is C12H21N3O. The van der Waals surface area contributed by atoms with Gasteiger partial charge in [0.05, 0.1) is 5.60 Å². The highest BCUT2D eigenvalue weighted by Crippen LogP contribution is 2.14. The largest absolute Gasteiger partial charge is 0.382 e. The minimum absolute atomic E-state index is 0.155. The first-order valence-electron chi connectivity index (χ1n) is 5.59. The van der Waals surface area contributed by atoms with Crippen molar-refractivity contribution < 1.29 is 4.74 Å². The van der Waals surface area contributed by atoms with Crippen molar-refractivity contribution in [3.8, 4) is 0 Å². The molecule has 0 saturated heterocycles. The maximum atomic E-state index is 5.61. The lowest BCUT2D eigenvalue weighted by atomic mass is 10.1. The summed E-state index contributed by atoms with van der Waals surface area (Å²) >= 11 is 0. The summed E-state index contributed by atoms with van der Waals surface area (Å²) < 4.78 is 5.61. The van der Waals surface area contributed by atoms with Crippen molar-refractivity contribution in [1.29, 1.82) is 0 Å². The van der Waals surface area contributed by atoms with Crippen LogP contribution in [0, 0.1) is 0 Å². The van der Waals surface area contributed by atoms with Gasteiger partial charge in [-0.1, -0.05) is 0 Å². The lowest BCUT2D eigenvalue weighted by Crippen LogP contribution is -2.33. The van der Waals surface area contributed by atoms with Gasteiger partial charge in [-0.2, -0.15) is 0 Å². The number of nitrogens with zero attached hydrogens (tertiary/aromatic N) is 1. The molecule has 0 amide bonds. The number of ether oxygens (including phenoxy) is 1. The smallest absolute Gasteiger partial charge is 0.127 e. The summed E-state index contributed by atoms with van der Waals surface area (Å²) in [5.41, 5.74) is 0.893. The Balaban J connectivity index is 2.53. The molecular weight excluding hydrogens is 202 g/mol. The van der Waals surface area contributed by atoms with Gasteiger partial charge in [0.2, 0.25) is 0 Å². The second kappa shape index (κ2) is 5.70. The van der Waals surface area contributed by atoms with Crippen LogP contribution in [0.3, 0.4) is 0 Å². The van der Waals surface area contributed by atoms with Crippen molar-refractivity contribution in [2.24, 2.45) is 0 Å². The van der Waals surface area contributed by atoms with Crippen LogP contribution in [0.2, 0.25) is 0 Å². The van der Waals surface area contributed by atoms with Gasteiger partial charge in [0, 0.05) is 38.1 Å². The van der Waals surface area contributed by atoms with Gasteiger partial charge in [-0.25, -0.2) is 4.98 Å². The van der Waals surface area contributed by atoms with Gasteiger partial charge in [0.1, 0.15) is 5.82 Å². The van der Waals surface area contributed by atoms with Crippen LogP contribution in [0.5, 0.6) is 0 Å². The van der Waals surface area contributed by atoms with E-state index in [1.165, 1.54) is 0 Å². The predicted octanol–water partition coefficient (Wildman–Crippen LogP) is 2.35. The van der Waals surface area contributed by atoms with E-state index in [1.807, 2.05) is 26.1 Å². The van der Waals surface area contributed by atoms with Gasteiger partial charge < -0.3 is 15.4 Å². The van der Waals surface area contributed by atoms with Crippen molar-refractivity contribution in [2.45, 2.75) is 26.4 Å². The average Bonchev–Trinajstić information content (AvgIpc) is 2.27. The third kappa shape index (κ3) is 4.06. The Morgan fingerprint density at radius 2 is 2.19 bits per heavy atom. The standard InChI is InChI=1S/C12H21N3O/c1-5-16-12(2,3)9-15-10-6-7-14-11(8-10)13-4/h6-8H,5,9H2,1-4H3,(H2,13,14,15). The monoisotopic (exact) mass is 223 g/mol. The van der Waals surface area contributed by atoms with Crippen molar-refractivity contribution >= 4 is 11.5 Å². The molecule has 0 fully saturated rings. The molecule has 16 heavy (non-hydrogen) atoms. The van der Waals surface area contributed by atoms with Gasteiger partial charge in [-0.3, -0.25) is 0 Å². The van der Waals surface area contributed by atoms with Gasteiger partial charge >= 0.3 is 0 Å². The molecule has 0 atom stereocenters. The molecule has 1 rings (SSSR count). The summed E-state index contributed by atoms with van der Waals surface area (Å²) in [6.07, 6.45) is 1.78. The Morgan fingerprint density at radius 1 is 1.44 bits per heavy atom. The maximum absolute atomic E-state index is 5.61. The van der Waals surface area contributed by atoms with Crippen LogP contribution in [0.1, 0.15) is 20.8 Å². The molecule has 0 aliphatic heterocycles. The molecule has 2 N–H and O–H groups in total. The van der Waals surface area contributed by atoms with Crippen LogP contribution in [0.4, 0.5) is 11.5 Å². The molecule has 0 bridgehead atoms. The average molecular weight is 223 g/mol. The highest BCUT2D eigenvalue weighted by molar-refractivity contribution is 5.51. The first-order valence-corrected chi connectivity index (χ1v) is 5.59. The Hall–Kier alpha value is -1.29. The molecule has 0 radical (unpaired) electrons. The first-order chi connectivity index (χ1) is 7.57. The fourth-order valence-electron chi connectivity index (χ4n) is 1.43. The number of pyridine rings is 1.